The van der Waals surface area contributed by atoms with E-state index in [-0.39, 0.29) is 24.1 Å². The maximum absolute atomic E-state index is 12.4. The van der Waals surface area contributed by atoms with Crippen LogP contribution in [0.3, 0.4) is 0 Å². The molecule has 0 heterocycles. The van der Waals surface area contributed by atoms with Crippen LogP contribution in [0, 0.1) is 13.8 Å². The van der Waals surface area contributed by atoms with Crippen LogP contribution in [0.4, 0.5) is 5.69 Å². The Morgan fingerprint density at radius 1 is 0.955 bits per heavy atom. The monoisotopic (exact) mass is 315 g/mol. The van der Waals surface area contributed by atoms with E-state index in [0.29, 0.717) is 5.56 Å². The third kappa shape index (κ3) is 3.55. The van der Waals surface area contributed by atoms with Crippen molar-refractivity contribution in [3.63, 3.8) is 0 Å². The van der Waals surface area contributed by atoms with E-state index in [2.05, 4.69) is 0 Å². The minimum absolute atomic E-state index is 0.0126. The average Bonchev–Trinajstić information content (AvgIpc) is 2.53. The van der Waals surface area contributed by atoms with Gasteiger partial charge in [-0.3, -0.25) is 9.59 Å². The lowest BCUT2D eigenvalue weighted by molar-refractivity contribution is -0.116. The Bertz CT molecular complexity index is 662. The molecule has 0 fully saturated rings. The fraction of sp³-hybridized carbons (Fsp3) is 0.222. The van der Waals surface area contributed by atoms with Crippen molar-refractivity contribution < 1.29 is 9.59 Å². The Balaban J connectivity index is 2.36. The van der Waals surface area contributed by atoms with E-state index < -0.39 is 0 Å². The molecule has 2 rings (SSSR count). The highest BCUT2D eigenvalue weighted by atomic mass is 35.5. The van der Waals surface area contributed by atoms with Gasteiger partial charge in [0.25, 0.3) is 0 Å². The van der Waals surface area contributed by atoms with Crippen molar-refractivity contribution in [2.24, 2.45) is 0 Å². The number of hydrogen-bond acceptors (Lipinski definition) is 2. The number of nitrogens with zero attached hydrogens (tertiary/aromatic N) is 1. The predicted molar refractivity (Wildman–Crippen MR) is 89.8 cm³/mol. The first-order valence-corrected chi connectivity index (χ1v) is 7.59. The summed E-state index contributed by atoms with van der Waals surface area (Å²) >= 11 is 5.73. The van der Waals surface area contributed by atoms with Crippen LogP contribution in [0.2, 0.25) is 0 Å². The summed E-state index contributed by atoms with van der Waals surface area (Å²) in [5.74, 6) is -0.541. The molecule has 114 valence electrons. The zero-order valence-electron chi connectivity index (χ0n) is 12.7. The molecule has 0 spiro atoms. The van der Waals surface area contributed by atoms with Gasteiger partial charge in [0, 0.05) is 5.56 Å². The van der Waals surface area contributed by atoms with E-state index in [9.17, 15) is 9.59 Å². The maximum atomic E-state index is 12.4. The van der Waals surface area contributed by atoms with Crippen molar-refractivity contribution in [1.29, 1.82) is 0 Å². The summed E-state index contributed by atoms with van der Waals surface area (Å²) in [5, 5.41) is 0. The Kier molecular flexibility index (Phi) is 5.34. The average molecular weight is 316 g/mol. The molecule has 4 heteroatoms. The van der Waals surface area contributed by atoms with Gasteiger partial charge in [-0.1, -0.05) is 48.5 Å². The van der Waals surface area contributed by atoms with Crippen LogP contribution in [-0.4, -0.2) is 24.1 Å². The molecule has 0 unspecified atom stereocenters. The summed E-state index contributed by atoms with van der Waals surface area (Å²) in [7, 11) is 0. The number of benzene rings is 2. The number of hydrogen-bond donors (Lipinski definition) is 0. The predicted octanol–water partition coefficient (Wildman–Crippen LogP) is 3.76. The molecule has 0 saturated heterocycles. The van der Waals surface area contributed by atoms with Crippen molar-refractivity contribution >= 4 is 29.0 Å². The highest BCUT2D eigenvalue weighted by Gasteiger charge is 2.22. The smallest absolute Gasteiger partial charge is 0.242 e. The first kappa shape index (κ1) is 16.2. The SMILES string of the molecule is Cc1cccc(C)c1N(CC(=O)c1ccccc1)C(=O)CCl. The van der Waals surface area contributed by atoms with Gasteiger partial charge < -0.3 is 4.90 Å². The third-order valence-electron chi connectivity index (χ3n) is 3.52. The largest absolute Gasteiger partial charge is 0.303 e. The second kappa shape index (κ2) is 7.23. The summed E-state index contributed by atoms with van der Waals surface area (Å²) < 4.78 is 0. The molecular formula is C18H18ClNO2. The zero-order valence-corrected chi connectivity index (χ0v) is 13.4. The number of alkyl halides is 1. The Hall–Kier alpha value is -2.13. The highest BCUT2D eigenvalue weighted by Crippen LogP contribution is 2.25. The molecule has 0 aromatic heterocycles. The summed E-state index contributed by atoms with van der Waals surface area (Å²) in [6, 6.07) is 14.7. The summed E-state index contributed by atoms with van der Waals surface area (Å²) in [4.78, 5) is 26.1. The molecule has 22 heavy (non-hydrogen) atoms. The Labute approximate surface area is 135 Å². The quantitative estimate of drug-likeness (QED) is 0.622. The van der Waals surface area contributed by atoms with Crippen LogP contribution < -0.4 is 4.90 Å². The lowest BCUT2D eigenvalue weighted by Crippen LogP contribution is -2.37. The summed E-state index contributed by atoms with van der Waals surface area (Å²) in [5.41, 5.74) is 3.23. The van der Waals surface area contributed by atoms with E-state index in [4.69, 9.17) is 11.6 Å². The van der Waals surface area contributed by atoms with Gasteiger partial charge in [-0.2, -0.15) is 0 Å². The normalized spacial score (nSPS) is 10.3. The van der Waals surface area contributed by atoms with Gasteiger partial charge in [0.15, 0.2) is 5.78 Å². The minimum Gasteiger partial charge on any atom is -0.303 e. The van der Waals surface area contributed by atoms with E-state index >= 15 is 0 Å². The number of amides is 1. The molecule has 2 aromatic rings. The van der Waals surface area contributed by atoms with Crippen LogP contribution >= 0.6 is 11.6 Å². The first-order valence-electron chi connectivity index (χ1n) is 7.05. The van der Waals surface area contributed by atoms with Crippen LogP contribution in [0.1, 0.15) is 21.5 Å². The van der Waals surface area contributed by atoms with Crippen LogP contribution in [0.15, 0.2) is 48.5 Å². The standard InChI is InChI=1S/C18H18ClNO2/c1-13-7-6-8-14(2)18(13)20(17(22)11-19)12-16(21)15-9-4-3-5-10-15/h3-10H,11-12H2,1-2H3. The van der Waals surface area contributed by atoms with Crippen LogP contribution in [-0.2, 0) is 4.79 Å². The molecule has 0 N–H and O–H groups in total. The molecule has 0 bridgehead atoms. The number of anilines is 1. The number of halogens is 1. The fourth-order valence-corrected chi connectivity index (χ4v) is 2.60. The van der Waals surface area contributed by atoms with Gasteiger partial charge in [-0.05, 0) is 25.0 Å². The number of rotatable bonds is 5. The molecule has 1 amide bonds. The lowest BCUT2D eigenvalue weighted by atomic mass is 10.1. The molecule has 0 radical (unpaired) electrons. The molecule has 2 aromatic carbocycles. The third-order valence-corrected chi connectivity index (χ3v) is 3.75. The summed E-state index contributed by atoms with van der Waals surface area (Å²) in [6.45, 7) is 3.83. The number of carbonyl (C=O) groups is 2. The molecule has 0 saturated carbocycles. The van der Waals surface area contributed by atoms with Gasteiger partial charge in [-0.25, -0.2) is 0 Å². The summed E-state index contributed by atoms with van der Waals surface area (Å²) in [6.07, 6.45) is 0. The topological polar surface area (TPSA) is 37.4 Å². The van der Waals surface area contributed by atoms with Crippen LogP contribution in [0.5, 0.6) is 0 Å². The van der Waals surface area contributed by atoms with E-state index in [0.717, 1.165) is 16.8 Å². The van der Waals surface area contributed by atoms with Crippen molar-refractivity contribution in [3.05, 3.63) is 65.2 Å². The van der Waals surface area contributed by atoms with Gasteiger partial charge in [0.1, 0.15) is 5.88 Å². The Morgan fingerprint density at radius 3 is 2.09 bits per heavy atom. The minimum atomic E-state index is -0.275. The van der Waals surface area contributed by atoms with Crippen molar-refractivity contribution in [3.8, 4) is 0 Å². The molecule has 0 aliphatic rings. The molecule has 0 aliphatic carbocycles. The van der Waals surface area contributed by atoms with E-state index in [1.165, 1.54) is 4.90 Å². The maximum Gasteiger partial charge on any atom is 0.242 e. The van der Waals surface area contributed by atoms with Crippen LogP contribution in [0.25, 0.3) is 0 Å². The second-order valence-electron chi connectivity index (χ2n) is 5.14. The molecule has 3 nitrogen and oxygen atoms in total. The van der Waals surface area contributed by atoms with E-state index in [1.54, 1.807) is 24.3 Å². The number of ketones is 1. The van der Waals surface area contributed by atoms with Gasteiger partial charge in [0.2, 0.25) is 5.91 Å². The van der Waals surface area contributed by atoms with Crippen molar-refractivity contribution in [2.45, 2.75) is 13.8 Å². The second-order valence-corrected chi connectivity index (χ2v) is 5.41. The first-order chi connectivity index (χ1) is 10.5. The zero-order chi connectivity index (χ0) is 16.1. The molecule has 0 aliphatic heterocycles. The molecule has 0 atom stereocenters. The number of carbonyl (C=O) groups excluding carboxylic acids is 2. The van der Waals surface area contributed by atoms with E-state index in [1.807, 2.05) is 38.1 Å². The highest BCUT2D eigenvalue weighted by molar-refractivity contribution is 6.30. The lowest BCUT2D eigenvalue weighted by Gasteiger charge is -2.25. The van der Waals surface area contributed by atoms with Gasteiger partial charge >= 0.3 is 0 Å². The number of Topliss-reactive ketones (excluding diaryl/α,β-unsaturated/α-hetero) is 1. The van der Waals surface area contributed by atoms with Gasteiger partial charge in [-0.15, -0.1) is 11.6 Å². The number of para-hydroxylation sites is 1. The molecular weight excluding hydrogens is 298 g/mol. The van der Waals surface area contributed by atoms with Crippen molar-refractivity contribution in [1.82, 2.24) is 0 Å². The number of aryl methyl sites for hydroxylation is 2. The van der Waals surface area contributed by atoms with Crippen molar-refractivity contribution in [2.75, 3.05) is 17.3 Å². The fourth-order valence-electron chi connectivity index (χ4n) is 2.45. The van der Waals surface area contributed by atoms with Gasteiger partial charge in [0.05, 0.1) is 12.2 Å². The Morgan fingerprint density at radius 2 is 1.55 bits per heavy atom.